The molecule has 0 atom stereocenters. The van der Waals surface area contributed by atoms with Crippen LogP contribution in [0.25, 0.3) is 0 Å². The van der Waals surface area contributed by atoms with Gasteiger partial charge in [-0.2, -0.15) is 0 Å². The predicted octanol–water partition coefficient (Wildman–Crippen LogP) is 2.61. The van der Waals surface area contributed by atoms with Crippen molar-refractivity contribution in [2.75, 3.05) is 13.2 Å². The molecule has 0 aliphatic carbocycles. The third-order valence-corrected chi connectivity index (χ3v) is 2.46. The highest BCUT2D eigenvalue weighted by molar-refractivity contribution is 5.13. The summed E-state index contributed by atoms with van der Waals surface area (Å²) in [5, 5.41) is 9.05. The molecular formula is C13H20O2. The van der Waals surface area contributed by atoms with E-state index in [1.807, 2.05) is 32.0 Å². The van der Waals surface area contributed by atoms with Gasteiger partial charge >= 0.3 is 0 Å². The Morgan fingerprint density at radius 2 is 1.87 bits per heavy atom. The molecule has 0 amide bonds. The van der Waals surface area contributed by atoms with Crippen molar-refractivity contribution in [3.8, 4) is 0 Å². The second-order valence-electron chi connectivity index (χ2n) is 4.61. The van der Waals surface area contributed by atoms with Crippen LogP contribution in [0.5, 0.6) is 0 Å². The van der Waals surface area contributed by atoms with E-state index in [2.05, 4.69) is 12.1 Å². The molecule has 1 aromatic carbocycles. The van der Waals surface area contributed by atoms with Gasteiger partial charge in [0.15, 0.2) is 0 Å². The minimum absolute atomic E-state index is 0.0311. The number of hydrogen-bond acceptors (Lipinski definition) is 2. The molecule has 0 aromatic heterocycles. The Kier molecular flexibility index (Phi) is 4.79. The summed E-state index contributed by atoms with van der Waals surface area (Å²) in [4.78, 5) is 0. The fraction of sp³-hybridized carbons (Fsp3) is 0.538. The molecule has 0 unspecified atom stereocenters. The van der Waals surface area contributed by atoms with Gasteiger partial charge in [0.25, 0.3) is 0 Å². The van der Waals surface area contributed by atoms with Crippen LogP contribution in [0.2, 0.25) is 0 Å². The van der Waals surface area contributed by atoms with E-state index in [4.69, 9.17) is 9.84 Å². The Hall–Kier alpha value is -0.860. The van der Waals surface area contributed by atoms with E-state index in [1.54, 1.807) is 0 Å². The van der Waals surface area contributed by atoms with Crippen molar-refractivity contribution in [1.82, 2.24) is 0 Å². The average molecular weight is 208 g/mol. The highest BCUT2D eigenvalue weighted by atomic mass is 16.5. The Morgan fingerprint density at radius 3 is 2.47 bits per heavy atom. The fourth-order valence-corrected chi connectivity index (χ4v) is 1.19. The van der Waals surface area contributed by atoms with Gasteiger partial charge in [-0.05, 0) is 17.4 Å². The first kappa shape index (κ1) is 12.2. The molecule has 2 nitrogen and oxygen atoms in total. The predicted molar refractivity (Wildman–Crippen MR) is 61.6 cm³/mol. The molecule has 1 N–H and O–H groups in total. The number of hydrogen-bond donors (Lipinski definition) is 1. The van der Waals surface area contributed by atoms with E-state index in [-0.39, 0.29) is 12.0 Å². The first-order chi connectivity index (χ1) is 7.14. The second kappa shape index (κ2) is 5.89. The fourth-order valence-electron chi connectivity index (χ4n) is 1.19. The average Bonchev–Trinajstić information content (AvgIpc) is 2.26. The topological polar surface area (TPSA) is 29.5 Å². The van der Waals surface area contributed by atoms with Crippen molar-refractivity contribution in [3.63, 3.8) is 0 Å². The van der Waals surface area contributed by atoms with Gasteiger partial charge in [0.2, 0.25) is 0 Å². The summed E-state index contributed by atoms with van der Waals surface area (Å²) in [7, 11) is 0. The number of rotatable bonds is 6. The summed E-state index contributed by atoms with van der Waals surface area (Å²) in [6.45, 7) is 5.64. The lowest BCUT2D eigenvalue weighted by Gasteiger charge is -2.20. The molecule has 1 aromatic rings. The van der Waals surface area contributed by atoms with Crippen molar-refractivity contribution in [2.24, 2.45) is 5.41 Å². The van der Waals surface area contributed by atoms with Gasteiger partial charge in [0.1, 0.15) is 0 Å². The van der Waals surface area contributed by atoms with E-state index in [0.717, 1.165) is 6.42 Å². The quantitative estimate of drug-likeness (QED) is 0.728. The molecule has 0 saturated heterocycles. The highest BCUT2D eigenvalue weighted by Gasteiger charge is 2.15. The third-order valence-electron chi connectivity index (χ3n) is 2.46. The summed E-state index contributed by atoms with van der Waals surface area (Å²) >= 11 is 0. The van der Waals surface area contributed by atoms with Crippen LogP contribution in [-0.2, 0) is 11.3 Å². The molecule has 2 heteroatoms. The van der Waals surface area contributed by atoms with Crippen LogP contribution in [0.15, 0.2) is 30.3 Å². The number of benzene rings is 1. The van der Waals surface area contributed by atoms with E-state index in [1.165, 1.54) is 5.56 Å². The molecule has 0 heterocycles. The van der Waals surface area contributed by atoms with Crippen molar-refractivity contribution in [2.45, 2.75) is 26.9 Å². The summed E-state index contributed by atoms with van der Waals surface area (Å²) in [5.41, 5.74) is 1.16. The molecule has 0 spiro atoms. The maximum atomic E-state index is 9.05. The van der Waals surface area contributed by atoms with Crippen LogP contribution in [0.1, 0.15) is 25.8 Å². The maximum Gasteiger partial charge on any atom is 0.0716 e. The normalized spacial score (nSPS) is 11.7. The molecule has 0 aliphatic rings. The summed E-state index contributed by atoms with van der Waals surface area (Å²) in [5.74, 6) is 0. The van der Waals surface area contributed by atoms with Crippen LogP contribution in [0, 0.1) is 5.41 Å². The molecular weight excluding hydrogens is 188 g/mol. The number of aliphatic hydroxyl groups excluding tert-OH is 1. The maximum absolute atomic E-state index is 9.05. The molecule has 84 valence electrons. The van der Waals surface area contributed by atoms with Crippen LogP contribution in [0.3, 0.4) is 0 Å². The first-order valence-corrected chi connectivity index (χ1v) is 5.36. The Morgan fingerprint density at radius 1 is 1.20 bits per heavy atom. The lowest BCUT2D eigenvalue weighted by molar-refractivity contribution is 0.0679. The summed E-state index contributed by atoms with van der Waals surface area (Å²) < 4.78 is 5.55. The zero-order valence-electron chi connectivity index (χ0n) is 9.57. The Bertz CT molecular complexity index is 267. The summed E-state index contributed by atoms with van der Waals surface area (Å²) in [6, 6.07) is 10.1. The second-order valence-corrected chi connectivity index (χ2v) is 4.61. The molecule has 15 heavy (non-hydrogen) atoms. The highest BCUT2D eigenvalue weighted by Crippen LogP contribution is 2.18. The summed E-state index contributed by atoms with van der Waals surface area (Å²) in [6.07, 6.45) is 0.885. The van der Waals surface area contributed by atoms with Crippen molar-refractivity contribution < 1.29 is 9.84 Å². The van der Waals surface area contributed by atoms with Crippen molar-refractivity contribution in [1.29, 1.82) is 0 Å². The molecule has 1 rings (SSSR count). The van der Waals surface area contributed by atoms with Gasteiger partial charge in [0, 0.05) is 13.2 Å². The van der Waals surface area contributed by atoms with Crippen LogP contribution < -0.4 is 0 Å². The SMILES string of the molecule is CC(C)(CO)CCOCc1ccccc1. The minimum Gasteiger partial charge on any atom is -0.396 e. The van der Waals surface area contributed by atoms with Crippen LogP contribution >= 0.6 is 0 Å². The largest absolute Gasteiger partial charge is 0.396 e. The Balaban J connectivity index is 2.18. The van der Waals surface area contributed by atoms with Gasteiger partial charge in [-0.3, -0.25) is 0 Å². The lowest BCUT2D eigenvalue weighted by Crippen LogP contribution is -2.18. The smallest absolute Gasteiger partial charge is 0.0716 e. The van der Waals surface area contributed by atoms with E-state index < -0.39 is 0 Å². The third kappa shape index (κ3) is 4.96. The minimum atomic E-state index is -0.0311. The monoisotopic (exact) mass is 208 g/mol. The van der Waals surface area contributed by atoms with E-state index in [0.29, 0.717) is 13.2 Å². The van der Waals surface area contributed by atoms with E-state index >= 15 is 0 Å². The lowest BCUT2D eigenvalue weighted by atomic mass is 9.91. The molecule has 0 fully saturated rings. The van der Waals surface area contributed by atoms with Crippen molar-refractivity contribution in [3.05, 3.63) is 35.9 Å². The van der Waals surface area contributed by atoms with Gasteiger partial charge in [-0.1, -0.05) is 44.2 Å². The standard InChI is InChI=1S/C13H20O2/c1-13(2,11-14)8-9-15-10-12-6-4-3-5-7-12/h3-7,14H,8-11H2,1-2H3. The van der Waals surface area contributed by atoms with Gasteiger partial charge in [-0.25, -0.2) is 0 Å². The molecule has 0 saturated carbocycles. The Labute approximate surface area is 91.9 Å². The molecule has 0 aliphatic heterocycles. The van der Waals surface area contributed by atoms with Crippen molar-refractivity contribution >= 4 is 0 Å². The van der Waals surface area contributed by atoms with Gasteiger partial charge in [-0.15, -0.1) is 0 Å². The molecule has 0 radical (unpaired) electrons. The number of aliphatic hydroxyl groups is 1. The van der Waals surface area contributed by atoms with Crippen LogP contribution in [-0.4, -0.2) is 18.3 Å². The van der Waals surface area contributed by atoms with Gasteiger partial charge in [0.05, 0.1) is 6.61 Å². The van der Waals surface area contributed by atoms with E-state index in [9.17, 15) is 0 Å². The first-order valence-electron chi connectivity index (χ1n) is 5.36. The number of ether oxygens (including phenoxy) is 1. The zero-order chi connectivity index (χ0) is 11.1. The zero-order valence-corrected chi connectivity index (χ0v) is 9.57. The molecule has 0 bridgehead atoms. The van der Waals surface area contributed by atoms with Crippen LogP contribution in [0.4, 0.5) is 0 Å². The van der Waals surface area contributed by atoms with Gasteiger partial charge < -0.3 is 9.84 Å².